The highest BCUT2D eigenvalue weighted by Crippen LogP contribution is 2.35. The molecule has 0 aromatic carbocycles. The molecule has 0 saturated heterocycles. The number of rotatable bonds is 3. The Morgan fingerprint density at radius 3 is 2.71 bits per heavy atom. The van der Waals surface area contributed by atoms with Crippen LogP contribution in [0.3, 0.4) is 0 Å². The Hall–Kier alpha value is -0.260. The normalized spacial score (nSPS) is 19.4. The summed E-state index contributed by atoms with van der Waals surface area (Å²) in [6.45, 7) is 3.65. The SMILES string of the molecule is C=CCC[C]1CC1. The quantitative estimate of drug-likeness (QED) is 0.472. The van der Waals surface area contributed by atoms with Crippen LogP contribution in [-0.2, 0) is 0 Å². The molecule has 0 N–H and O–H groups in total. The van der Waals surface area contributed by atoms with Gasteiger partial charge in [-0.25, -0.2) is 0 Å². The zero-order valence-electron chi connectivity index (χ0n) is 4.61. The van der Waals surface area contributed by atoms with Gasteiger partial charge in [-0.15, -0.1) is 6.58 Å². The van der Waals surface area contributed by atoms with Gasteiger partial charge >= 0.3 is 0 Å². The molecule has 0 aliphatic heterocycles. The van der Waals surface area contributed by atoms with Crippen LogP contribution in [0, 0.1) is 5.92 Å². The van der Waals surface area contributed by atoms with Crippen molar-refractivity contribution in [1.29, 1.82) is 0 Å². The van der Waals surface area contributed by atoms with Crippen LogP contribution >= 0.6 is 0 Å². The molecular weight excluding hydrogens is 84.1 g/mol. The molecule has 0 amide bonds. The Bertz CT molecular complexity index is 60.4. The fourth-order valence-electron chi connectivity index (χ4n) is 0.645. The predicted octanol–water partition coefficient (Wildman–Crippen LogP) is 2.32. The largest absolute Gasteiger partial charge is 0.103 e. The molecule has 0 spiro atoms. The smallest absolute Gasteiger partial charge is 0.0237 e. The molecule has 7 heavy (non-hydrogen) atoms. The minimum atomic E-state index is 1.19. The van der Waals surface area contributed by atoms with Crippen molar-refractivity contribution in [2.24, 2.45) is 0 Å². The second-order valence-electron chi connectivity index (χ2n) is 2.08. The monoisotopic (exact) mass is 95.1 g/mol. The maximum Gasteiger partial charge on any atom is -0.0237 e. The molecule has 39 valence electrons. The Labute approximate surface area is 45.2 Å². The van der Waals surface area contributed by atoms with Crippen molar-refractivity contribution >= 4 is 0 Å². The van der Waals surface area contributed by atoms with Crippen LogP contribution in [0.5, 0.6) is 0 Å². The van der Waals surface area contributed by atoms with E-state index >= 15 is 0 Å². The maximum atomic E-state index is 3.65. The minimum Gasteiger partial charge on any atom is -0.103 e. The lowest BCUT2D eigenvalue weighted by molar-refractivity contribution is 0.953. The second-order valence-corrected chi connectivity index (χ2v) is 2.08. The van der Waals surface area contributed by atoms with Gasteiger partial charge in [-0.2, -0.15) is 0 Å². The molecule has 0 unspecified atom stereocenters. The minimum absolute atomic E-state index is 1.19. The van der Waals surface area contributed by atoms with E-state index < -0.39 is 0 Å². The van der Waals surface area contributed by atoms with E-state index in [1.54, 1.807) is 5.92 Å². The van der Waals surface area contributed by atoms with E-state index in [4.69, 9.17) is 0 Å². The van der Waals surface area contributed by atoms with Crippen LogP contribution in [-0.4, -0.2) is 0 Å². The molecule has 0 bridgehead atoms. The summed E-state index contributed by atoms with van der Waals surface area (Å²) in [4.78, 5) is 0. The van der Waals surface area contributed by atoms with Crippen molar-refractivity contribution in [2.45, 2.75) is 25.7 Å². The van der Waals surface area contributed by atoms with Gasteiger partial charge in [0, 0.05) is 0 Å². The highest BCUT2D eigenvalue weighted by molar-refractivity contribution is 5.05. The summed E-state index contributed by atoms with van der Waals surface area (Å²) in [5.41, 5.74) is 0. The third kappa shape index (κ3) is 1.77. The lowest BCUT2D eigenvalue weighted by atomic mass is 10.2. The van der Waals surface area contributed by atoms with Crippen molar-refractivity contribution in [3.63, 3.8) is 0 Å². The van der Waals surface area contributed by atoms with E-state index in [-0.39, 0.29) is 0 Å². The van der Waals surface area contributed by atoms with E-state index in [0.717, 1.165) is 0 Å². The van der Waals surface area contributed by atoms with Crippen LogP contribution in [0.4, 0.5) is 0 Å². The second kappa shape index (κ2) is 2.15. The molecule has 0 heterocycles. The Balaban J connectivity index is 1.88. The summed E-state index contributed by atoms with van der Waals surface area (Å²) >= 11 is 0. The van der Waals surface area contributed by atoms with Crippen LogP contribution in [0.2, 0.25) is 0 Å². The molecule has 1 aliphatic rings. The molecular formula is C7H11. The summed E-state index contributed by atoms with van der Waals surface area (Å²) in [5.74, 6) is 1.74. The number of hydrogen-bond donors (Lipinski definition) is 0. The van der Waals surface area contributed by atoms with Gasteiger partial charge in [-0.05, 0) is 31.6 Å². The molecule has 0 aromatic rings. The molecule has 1 rings (SSSR count). The highest BCUT2D eigenvalue weighted by Gasteiger charge is 2.19. The van der Waals surface area contributed by atoms with Crippen LogP contribution in [0.1, 0.15) is 25.7 Å². The van der Waals surface area contributed by atoms with Crippen molar-refractivity contribution < 1.29 is 0 Å². The van der Waals surface area contributed by atoms with E-state index in [1.165, 1.54) is 25.7 Å². The Morgan fingerprint density at radius 1 is 1.57 bits per heavy atom. The van der Waals surface area contributed by atoms with Crippen molar-refractivity contribution in [3.05, 3.63) is 18.6 Å². The lowest BCUT2D eigenvalue weighted by Crippen LogP contribution is -1.67. The topological polar surface area (TPSA) is 0 Å². The molecule has 1 radical (unpaired) electrons. The molecule has 0 atom stereocenters. The first-order chi connectivity index (χ1) is 3.43. The van der Waals surface area contributed by atoms with Gasteiger partial charge in [0.1, 0.15) is 0 Å². The van der Waals surface area contributed by atoms with Crippen molar-refractivity contribution in [2.75, 3.05) is 0 Å². The van der Waals surface area contributed by atoms with E-state index in [9.17, 15) is 0 Å². The summed E-state index contributed by atoms with van der Waals surface area (Å²) in [7, 11) is 0. The molecule has 1 aliphatic carbocycles. The molecule has 0 nitrogen and oxygen atoms in total. The van der Waals surface area contributed by atoms with E-state index in [0.29, 0.717) is 0 Å². The van der Waals surface area contributed by atoms with Gasteiger partial charge in [0.2, 0.25) is 0 Å². The molecule has 1 saturated carbocycles. The third-order valence-electron chi connectivity index (χ3n) is 1.31. The number of allylic oxidation sites excluding steroid dienone is 1. The summed E-state index contributed by atoms with van der Waals surface area (Å²) in [5, 5.41) is 0. The van der Waals surface area contributed by atoms with Gasteiger partial charge in [-0.3, -0.25) is 0 Å². The standard InChI is InChI=1S/C7H11/c1-2-3-4-7-5-6-7/h2H,1,3-6H2. The third-order valence-corrected chi connectivity index (χ3v) is 1.31. The summed E-state index contributed by atoms with van der Waals surface area (Å²) < 4.78 is 0. The number of hydrogen-bond acceptors (Lipinski definition) is 0. The van der Waals surface area contributed by atoms with Crippen molar-refractivity contribution in [3.8, 4) is 0 Å². The highest BCUT2D eigenvalue weighted by atomic mass is 14.2. The average Bonchev–Trinajstić information content (AvgIpc) is 2.42. The molecule has 1 fully saturated rings. The maximum absolute atomic E-state index is 3.65. The predicted molar refractivity (Wildman–Crippen MR) is 31.9 cm³/mol. The summed E-state index contributed by atoms with van der Waals surface area (Å²) in [6.07, 6.45) is 7.28. The van der Waals surface area contributed by atoms with Gasteiger partial charge in [0.05, 0.1) is 0 Å². The average molecular weight is 95.2 g/mol. The first kappa shape index (κ1) is 4.89. The van der Waals surface area contributed by atoms with Gasteiger partial charge in [0.15, 0.2) is 0 Å². The van der Waals surface area contributed by atoms with Gasteiger partial charge in [-0.1, -0.05) is 6.08 Å². The van der Waals surface area contributed by atoms with E-state index in [1.807, 2.05) is 6.08 Å². The van der Waals surface area contributed by atoms with Crippen molar-refractivity contribution in [1.82, 2.24) is 0 Å². The van der Waals surface area contributed by atoms with Gasteiger partial charge in [0.25, 0.3) is 0 Å². The zero-order chi connectivity index (χ0) is 5.11. The fraction of sp³-hybridized carbons (Fsp3) is 0.571. The van der Waals surface area contributed by atoms with Crippen LogP contribution < -0.4 is 0 Å². The lowest BCUT2D eigenvalue weighted by Gasteiger charge is -1.84. The first-order valence-corrected chi connectivity index (χ1v) is 2.88. The molecule has 0 heteroatoms. The van der Waals surface area contributed by atoms with E-state index in [2.05, 4.69) is 6.58 Å². The van der Waals surface area contributed by atoms with Crippen LogP contribution in [0.25, 0.3) is 0 Å². The Morgan fingerprint density at radius 2 is 2.29 bits per heavy atom. The van der Waals surface area contributed by atoms with Crippen LogP contribution in [0.15, 0.2) is 12.7 Å². The Kier molecular flexibility index (Phi) is 1.50. The zero-order valence-corrected chi connectivity index (χ0v) is 4.61. The molecule has 0 aromatic heterocycles. The summed E-state index contributed by atoms with van der Waals surface area (Å²) in [6, 6.07) is 0. The first-order valence-electron chi connectivity index (χ1n) is 2.88. The fourth-order valence-corrected chi connectivity index (χ4v) is 0.645. The van der Waals surface area contributed by atoms with Gasteiger partial charge < -0.3 is 0 Å².